The second-order valence-corrected chi connectivity index (χ2v) is 12.3. The molecule has 2 atom stereocenters. The Balaban J connectivity index is 0.000000634. The van der Waals surface area contributed by atoms with E-state index >= 15 is 0 Å². The number of carboxylic acids is 1. The van der Waals surface area contributed by atoms with Gasteiger partial charge in [-0.2, -0.15) is 11.3 Å². The quantitative estimate of drug-likeness (QED) is 0.301. The van der Waals surface area contributed by atoms with Gasteiger partial charge in [0.05, 0.1) is 5.60 Å². The van der Waals surface area contributed by atoms with Gasteiger partial charge in [-0.25, -0.2) is 0 Å². The van der Waals surface area contributed by atoms with Gasteiger partial charge in [-0.15, -0.1) is 0 Å². The van der Waals surface area contributed by atoms with Crippen LogP contribution < -0.4 is 0 Å². The molecule has 3 heterocycles. The third-order valence-electron chi connectivity index (χ3n) is 8.12. The zero-order valence-electron chi connectivity index (χ0n) is 22.8. The molecule has 5 rings (SSSR count). The molecular weight excluding hydrogens is 528 g/mol. The SMILES string of the molecule is Cc1cc(Cl)ccc1C(C(=O)O)N1CCC(CN2CCC(O)(CCCc3ccccc3)CC2)C1.c1ccsc1. The smallest absolute Gasteiger partial charge is 0.325 e. The van der Waals surface area contributed by atoms with Crippen LogP contribution in [0.5, 0.6) is 0 Å². The van der Waals surface area contributed by atoms with Gasteiger partial charge in [-0.3, -0.25) is 9.69 Å². The Kier molecular flexibility index (Phi) is 11.0. The second kappa shape index (κ2) is 14.4. The highest BCUT2D eigenvalue weighted by Crippen LogP contribution is 2.33. The largest absolute Gasteiger partial charge is 0.480 e. The molecule has 0 radical (unpaired) electrons. The Bertz CT molecular complexity index is 1130. The lowest BCUT2D eigenvalue weighted by Gasteiger charge is -2.39. The second-order valence-electron chi connectivity index (χ2n) is 11.0. The summed E-state index contributed by atoms with van der Waals surface area (Å²) >= 11 is 7.80. The molecule has 7 heteroatoms. The van der Waals surface area contributed by atoms with Crippen molar-refractivity contribution >= 4 is 28.9 Å². The number of thiophene rings is 1. The molecule has 0 amide bonds. The lowest BCUT2D eigenvalue weighted by Crippen LogP contribution is -2.46. The van der Waals surface area contributed by atoms with Gasteiger partial charge in [0, 0.05) is 31.2 Å². The average Bonchev–Trinajstić information content (AvgIpc) is 3.64. The van der Waals surface area contributed by atoms with E-state index in [1.54, 1.807) is 17.4 Å². The molecular formula is C32H41ClN2O3S. The Morgan fingerprint density at radius 2 is 1.79 bits per heavy atom. The molecule has 0 aliphatic carbocycles. The Morgan fingerprint density at radius 1 is 1.08 bits per heavy atom. The molecule has 2 N–H and O–H groups in total. The maximum Gasteiger partial charge on any atom is 0.325 e. The molecule has 0 saturated carbocycles. The number of benzene rings is 2. The number of nitrogens with zero attached hydrogens (tertiary/aromatic N) is 2. The maximum atomic E-state index is 12.2. The zero-order chi connectivity index (χ0) is 27.7. The molecule has 0 spiro atoms. The maximum absolute atomic E-state index is 12.2. The van der Waals surface area contributed by atoms with E-state index in [-0.39, 0.29) is 0 Å². The summed E-state index contributed by atoms with van der Waals surface area (Å²) in [5.74, 6) is -0.344. The van der Waals surface area contributed by atoms with E-state index in [1.165, 1.54) is 5.56 Å². The first-order valence-electron chi connectivity index (χ1n) is 14.0. The standard InChI is InChI=1S/C28H37ClN2O3.C4H4S/c1-21-18-24(29)9-10-25(21)26(27(32)33)31-15-11-23(20-31)19-30-16-13-28(34,14-17-30)12-5-8-22-6-3-2-4-7-22;1-2-4-5-3-1/h2-4,6-7,9-10,18,23,26,34H,5,8,11-17,19-20H2,1H3,(H,32,33);1-4H. The molecule has 0 bridgehead atoms. The summed E-state index contributed by atoms with van der Waals surface area (Å²) in [4.78, 5) is 16.7. The minimum atomic E-state index is -0.801. The molecule has 1 aromatic heterocycles. The van der Waals surface area contributed by atoms with E-state index in [0.29, 0.717) is 10.9 Å². The van der Waals surface area contributed by atoms with Crippen LogP contribution in [0.1, 0.15) is 54.8 Å². The van der Waals surface area contributed by atoms with Crippen LogP contribution in [0.3, 0.4) is 0 Å². The summed E-state index contributed by atoms with van der Waals surface area (Å²) < 4.78 is 0. The van der Waals surface area contributed by atoms with Crippen molar-refractivity contribution in [3.63, 3.8) is 0 Å². The Morgan fingerprint density at radius 3 is 2.41 bits per heavy atom. The van der Waals surface area contributed by atoms with E-state index < -0.39 is 17.6 Å². The third kappa shape index (κ3) is 8.89. The highest BCUT2D eigenvalue weighted by Gasteiger charge is 2.37. The van der Waals surface area contributed by atoms with Gasteiger partial charge in [0.15, 0.2) is 0 Å². The Hall–Kier alpha value is -2.22. The van der Waals surface area contributed by atoms with Gasteiger partial charge in [0.25, 0.3) is 0 Å². The number of piperidine rings is 1. The van der Waals surface area contributed by atoms with Gasteiger partial charge >= 0.3 is 5.97 Å². The lowest BCUT2D eigenvalue weighted by atomic mass is 9.85. The molecule has 210 valence electrons. The van der Waals surface area contributed by atoms with Gasteiger partial charge in [0.2, 0.25) is 0 Å². The summed E-state index contributed by atoms with van der Waals surface area (Å²) in [5, 5.41) is 25.8. The van der Waals surface area contributed by atoms with E-state index in [0.717, 1.165) is 82.4 Å². The number of hydrogen-bond acceptors (Lipinski definition) is 5. The van der Waals surface area contributed by atoms with Crippen molar-refractivity contribution in [2.45, 2.75) is 57.1 Å². The molecule has 39 heavy (non-hydrogen) atoms. The van der Waals surface area contributed by atoms with Crippen LogP contribution in [0, 0.1) is 12.8 Å². The topological polar surface area (TPSA) is 64.0 Å². The minimum Gasteiger partial charge on any atom is -0.480 e. The minimum absolute atomic E-state index is 0.457. The number of hydrogen-bond donors (Lipinski definition) is 2. The molecule has 3 aromatic rings. The van der Waals surface area contributed by atoms with Crippen LogP contribution in [-0.4, -0.2) is 64.3 Å². The number of likely N-dealkylation sites (tertiary alicyclic amines) is 2. The molecule has 5 nitrogen and oxygen atoms in total. The van der Waals surface area contributed by atoms with E-state index in [4.69, 9.17) is 11.6 Å². The van der Waals surface area contributed by atoms with Crippen LogP contribution in [0.15, 0.2) is 71.4 Å². The lowest BCUT2D eigenvalue weighted by molar-refractivity contribution is -0.143. The summed E-state index contributed by atoms with van der Waals surface area (Å²) in [7, 11) is 0. The number of aliphatic carboxylic acids is 1. The van der Waals surface area contributed by atoms with Crippen molar-refractivity contribution in [1.82, 2.24) is 9.80 Å². The van der Waals surface area contributed by atoms with Gasteiger partial charge in [0.1, 0.15) is 6.04 Å². The predicted octanol–water partition coefficient (Wildman–Crippen LogP) is 6.69. The molecule has 2 fully saturated rings. The average molecular weight is 569 g/mol. The number of aliphatic hydroxyl groups is 1. The third-order valence-corrected chi connectivity index (χ3v) is 8.99. The normalized spacial score (nSPS) is 20.2. The van der Waals surface area contributed by atoms with E-state index in [1.807, 2.05) is 48.0 Å². The summed E-state index contributed by atoms with van der Waals surface area (Å²) in [6.07, 6.45) is 5.53. The molecule has 2 aromatic carbocycles. The zero-order valence-corrected chi connectivity index (χ0v) is 24.4. The molecule has 2 unspecified atom stereocenters. The summed E-state index contributed by atoms with van der Waals surface area (Å²) in [6, 6.07) is 19.4. The van der Waals surface area contributed by atoms with Crippen molar-refractivity contribution in [3.05, 3.63) is 93.1 Å². The number of carbonyl (C=O) groups is 1. The molecule has 2 aliphatic heterocycles. The van der Waals surface area contributed by atoms with Crippen LogP contribution >= 0.6 is 22.9 Å². The predicted molar refractivity (Wildman–Crippen MR) is 161 cm³/mol. The van der Waals surface area contributed by atoms with E-state index in [9.17, 15) is 15.0 Å². The number of halogens is 1. The van der Waals surface area contributed by atoms with Crippen LogP contribution in [-0.2, 0) is 11.2 Å². The summed E-state index contributed by atoms with van der Waals surface area (Å²) in [5.41, 5.74) is 2.54. The Labute approximate surface area is 242 Å². The van der Waals surface area contributed by atoms with Crippen LogP contribution in [0.4, 0.5) is 0 Å². The summed E-state index contributed by atoms with van der Waals surface area (Å²) in [6.45, 7) is 6.31. The van der Waals surface area contributed by atoms with Gasteiger partial charge in [-0.1, -0.05) is 60.1 Å². The van der Waals surface area contributed by atoms with Crippen molar-refractivity contribution in [3.8, 4) is 0 Å². The first-order chi connectivity index (χ1) is 18.8. The number of carboxylic acid groups (broad SMARTS) is 1. The molecule has 2 saturated heterocycles. The highest BCUT2D eigenvalue weighted by atomic mass is 35.5. The van der Waals surface area contributed by atoms with Crippen molar-refractivity contribution in [1.29, 1.82) is 0 Å². The van der Waals surface area contributed by atoms with Crippen LogP contribution in [0.2, 0.25) is 5.02 Å². The van der Waals surface area contributed by atoms with E-state index in [2.05, 4.69) is 34.1 Å². The first kappa shape index (κ1) is 29.8. The van der Waals surface area contributed by atoms with Crippen LogP contribution in [0.25, 0.3) is 0 Å². The first-order valence-corrected chi connectivity index (χ1v) is 15.3. The number of aryl methyl sites for hydroxylation is 2. The van der Waals surface area contributed by atoms with Crippen molar-refractivity contribution in [2.75, 3.05) is 32.7 Å². The molecule has 2 aliphatic rings. The number of rotatable bonds is 9. The van der Waals surface area contributed by atoms with Crippen molar-refractivity contribution in [2.24, 2.45) is 5.92 Å². The highest BCUT2D eigenvalue weighted by molar-refractivity contribution is 7.07. The fourth-order valence-corrected chi connectivity index (χ4v) is 6.62. The fraction of sp³-hybridized carbons (Fsp3) is 0.469. The fourth-order valence-electron chi connectivity index (χ4n) is 5.94. The monoisotopic (exact) mass is 568 g/mol. The van der Waals surface area contributed by atoms with Crippen molar-refractivity contribution < 1.29 is 15.0 Å². The van der Waals surface area contributed by atoms with Gasteiger partial charge in [-0.05, 0) is 97.5 Å². The van der Waals surface area contributed by atoms with Gasteiger partial charge < -0.3 is 15.1 Å².